The molecule has 1 atom stereocenters. The number of hydrogen-bond donors (Lipinski definition) is 0. The Bertz CT molecular complexity index is 843. The number of halogens is 3. The first-order valence-electron chi connectivity index (χ1n) is 9.59. The Kier molecular flexibility index (Phi) is 5.44. The SMILES string of the molecule is CN(c1ccnc(N2CCOCC2)n1)C1CCN(c2cccc(C(F)(F)F)n2)C1. The van der Waals surface area contributed by atoms with Gasteiger partial charge in [0.25, 0.3) is 0 Å². The quantitative estimate of drug-likeness (QED) is 0.770. The van der Waals surface area contributed by atoms with Crippen LogP contribution in [0.4, 0.5) is 30.8 Å². The Morgan fingerprint density at radius 1 is 1.07 bits per heavy atom. The number of anilines is 3. The van der Waals surface area contributed by atoms with Crippen LogP contribution in [0.5, 0.6) is 0 Å². The molecule has 2 aliphatic rings. The van der Waals surface area contributed by atoms with Gasteiger partial charge >= 0.3 is 6.18 Å². The van der Waals surface area contributed by atoms with Crippen molar-refractivity contribution in [1.29, 1.82) is 0 Å². The first-order valence-corrected chi connectivity index (χ1v) is 9.59. The van der Waals surface area contributed by atoms with Gasteiger partial charge in [0, 0.05) is 45.5 Å². The Balaban J connectivity index is 1.45. The average Bonchev–Trinajstić information content (AvgIpc) is 3.24. The van der Waals surface area contributed by atoms with Crippen LogP contribution in [-0.2, 0) is 10.9 Å². The summed E-state index contributed by atoms with van der Waals surface area (Å²) in [5.74, 6) is 1.82. The van der Waals surface area contributed by atoms with E-state index in [0.717, 1.165) is 31.4 Å². The molecule has 0 saturated carbocycles. The minimum Gasteiger partial charge on any atom is -0.378 e. The van der Waals surface area contributed by atoms with Gasteiger partial charge in [0.05, 0.1) is 13.2 Å². The van der Waals surface area contributed by atoms with E-state index in [2.05, 4.69) is 24.8 Å². The van der Waals surface area contributed by atoms with E-state index in [1.807, 2.05) is 18.0 Å². The summed E-state index contributed by atoms with van der Waals surface area (Å²) in [7, 11) is 1.96. The van der Waals surface area contributed by atoms with Gasteiger partial charge in [-0.25, -0.2) is 9.97 Å². The molecule has 0 aromatic carbocycles. The second-order valence-corrected chi connectivity index (χ2v) is 7.19. The molecule has 4 heterocycles. The number of alkyl halides is 3. The molecule has 1 unspecified atom stereocenters. The zero-order valence-electron chi connectivity index (χ0n) is 16.1. The lowest BCUT2D eigenvalue weighted by molar-refractivity contribution is -0.141. The van der Waals surface area contributed by atoms with Crippen LogP contribution in [0.15, 0.2) is 30.5 Å². The fraction of sp³-hybridized carbons (Fsp3) is 0.526. The lowest BCUT2D eigenvalue weighted by Crippen LogP contribution is -2.38. The summed E-state index contributed by atoms with van der Waals surface area (Å²) >= 11 is 0. The van der Waals surface area contributed by atoms with Crippen LogP contribution in [0.25, 0.3) is 0 Å². The molecule has 2 aromatic rings. The van der Waals surface area contributed by atoms with Gasteiger partial charge in [-0.3, -0.25) is 0 Å². The van der Waals surface area contributed by atoms with Crippen molar-refractivity contribution in [3.63, 3.8) is 0 Å². The molecule has 0 amide bonds. The number of morpholine rings is 1. The Morgan fingerprint density at radius 2 is 1.86 bits per heavy atom. The summed E-state index contributed by atoms with van der Waals surface area (Å²) in [5.41, 5.74) is -0.863. The minimum absolute atomic E-state index is 0.124. The molecule has 156 valence electrons. The third kappa shape index (κ3) is 4.36. The van der Waals surface area contributed by atoms with E-state index in [4.69, 9.17) is 4.74 Å². The predicted octanol–water partition coefficient (Wildman–Crippen LogP) is 2.44. The number of ether oxygens (including phenoxy) is 1. The first kappa shape index (κ1) is 19.7. The molecular weight excluding hydrogens is 385 g/mol. The van der Waals surface area contributed by atoms with E-state index >= 15 is 0 Å². The maximum Gasteiger partial charge on any atom is 0.433 e. The third-order valence-electron chi connectivity index (χ3n) is 5.34. The van der Waals surface area contributed by atoms with Gasteiger partial charge in [0.1, 0.15) is 17.3 Å². The molecule has 2 fully saturated rings. The number of rotatable bonds is 4. The molecule has 10 heteroatoms. The van der Waals surface area contributed by atoms with Crippen LogP contribution < -0.4 is 14.7 Å². The van der Waals surface area contributed by atoms with Crippen molar-refractivity contribution in [3.05, 3.63) is 36.2 Å². The van der Waals surface area contributed by atoms with Gasteiger partial charge in [0.15, 0.2) is 0 Å². The number of likely N-dealkylation sites (N-methyl/N-ethyl adjacent to an activating group) is 1. The van der Waals surface area contributed by atoms with Gasteiger partial charge in [-0.15, -0.1) is 0 Å². The van der Waals surface area contributed by atoms with E-state index in [9.17, 15) is 13.2 Å². The van der Waals surface area contributed by atoms with E-state index in [0.29, 0.717) is 38.1 Å². The van der Waals surface area contributed by atoms with E-state index in [-0.39, 0.29) is 6.04 Å². The van der Waals surface area contributed by atoms with Crippen molar-refractivity contribution in [2.45, 2.75) is 18.6 Å². The van der Waals surface area contributed by atoms with E-state index < -0.39 is 11.9 Å². The van der Waals surface area contributed by atoms with Crippen LogP contribution in [-0.4, -0.2) is 67.4 Å². The summed E-state index contributed by atoms with van der Waals surface area (Å²) < 4.78 is 44.2. The van der Waals surface area contributed by atoms with Crippen molar-refractivity contribution in [2.75, 3.05) is 61.1 Å². The number of nitrogens with zero attached hydrogens (tertiary/aromatic N) is 6. The first-order chi connectivity index (χ1) is 13.9. The van der Waals surface area contributed by atoms with E-state index in [1.54, 1.807) is 12.3 Å². The predicted molar refractivity (Wildman–Crippen MR) is 103 cm³/mol. The molecule has 4 rings (SSSR count). The average molecular weight is 408 g/mol. The molecule has 2 aromatic heterocycles. The maximum absolute atomic E-state index is 13.0. The molecule has 2 aliphatic heterocycles. The zero-order chi connectivity index (χ0) is 20.4. The fourth-order valence-electron chi connectivity index (χ4n) is 3.66. The second kappa shape index (κ2) is 8.02. The molecule has 0 radical (unpaired) electrons. The van der Waals surface area contributed by atoms with Gasteiger partial charge in [-0.05, 0) is 24.6 Å². The molecular formula is C19H23F3N6O. The van der Waals surface area contributed by atoms with Crippen molar-refractivity contribution in [2.24, 2.45) is 0 Å². The summed E-state index contributed by atoms with van der Waals surface area (Å²) in [5, 5.41) is 0. The fourth-order valence-corrected chi connectivity index (χ4v) is 3.66. The highest BCUT2D eigenvalue weighted by Crippen LogP contribution is 2.30. The molecule has 0 N–H and O–H groups in total. The van der Waals surface area contributed by atoms with Gasteiger partial charge in [0.2, 0.25) is 5.95 Å². The molecule has 0 aliphatic carbocycles. The van der Waals surface area contributed by atoms with Crippen molar-refractivity contribution < 1.29 is 17.9 Å². The Labute approximate surface area is 167 Å². The second-order valence-electron chi connectivity index (χ2n) is 7.19. The van der Waals surface area contributed by atoms with Crippen molar-refractivity contribution in [1.82, 2.24) is 15.0 Å². The monoisotopic (exact) mass is 408 g/mol. The lowest BCUT2D eigenvalue weighted by Gasteiger charge is -2.29. The summed E-state index contributed by atoms with van der Waals surface area (Å²) in [6, 6.07) is 6.01. The van der Waals surface area contributed by atoms with Crippen LogP contribution in [0.1, 0.15) is 12.1 Å². The largest absolute Gasteiger partial charge is 0.433 e. The zero-order valence-corrected chi connectivity index (χ0v) is 16.1. The third-order valence-corrected chi connectivity index (χ3v) is 5.34. The number of aromatic nitrogens is 3. The summed E-state index contributed by atoms with van der Waals surface area (Å²) in [6.07, 6.45) is -1.89. The molecule has 29 heavy (non-hydrogen) atoms. The van der Waals surface area contributed by atoms with Gasteiger partial charge < -0.3 is 19.4 Å². The lowest BCUT2D eigenvalue weighted by atomic mass is 10.2. The number of hydrogen-bond acceptors (Lipinski definition) is 7. The van der Waals surface area contributed by atoms with Crippen LogP contribution in [0.3, 0.4) is 0 Å². The van der Waals surface area contributed by atoms with Crippen molar-refractivity contribution in [3.8, 4) is 0 Å². The normalized spacial score (nSPS) is 20.2. The van der Waals surface area contributed by atoms with E-state index in [1.165, 1.54) is 6.07 Å². The van der Waals surface area contributed by atoms with Crippen LogP contribution in [0, 0.1) is 0 Å². The molecule has 7 nitrogen and oxygen atoms in total. The maximum atomic E-state index is 13.0. The molecule has 2 saturated heterocycles. The summed E-state index contributed by atoms with van der Waals surface area (Å²) in [6.45, 7) is 4.06. The smallest absolute Gasteiger partial charge is 0.378 e. The Hall–Kier alpha value is -2.62. The highest BCUT2D eigenvalue weighted by Gasteiger charge is 2.34. The topological polar surface area (TPSA) is 57.6 Å². The summed E-state index contributed by atoms with van der Waals surface area (Å²) in [4.78, 5) is 18.9. The number of pyridine rings is 1. The van der Waals surface area contributed by atoms with Crippen LogP contribution >= 0.6 is 0 Å². The van der Waals surface area contributed by atoms with Crippen molar-refractivity contribution >= 4 is 17.6 Å². The van der Waals surface area contributed by atoms with Gasteiger partial charge in [-0.2, -0.15) is 18.2 Å². The Morgan fingerprint density at radius 3 is 2.62 bits per heavy atom. The highest BCUT2D eigenvalue weighted by molar-refractivity contribution is 5.47. The van der Waals surface area contributed by atoms with Gasteiger partial charge in [-0.1, -0.05) is 6.07 Å². The molecule has 0 spiro atoms. The minimum atomic E-state index is -4.44. The molecule has 0 bridgehead atoms. The van der Waals surface area contributed by atoms with Crippen LogP contribution in [0.2, 0.25) is 0 Å². The standard InChI is InChI=1S/C19H23F3N6O/c1-26(16-5-7-23-18(25-16)27-9-11-29-12-10-27)14-6-8-28(13-14)17-4-2-3-15(24-17)19(20,21)22/h2-5,7,14H,6,8-13H2,1H3. The highest BCUT2D eigenvalue weighted by atomic mass is 19.4.